The van der Waals surface area contributed by atoms with E-state index in [9.17, 15) is 0 Å². The van der Waals surface area contributed by atoms with Gasteiger partial charge >= 0.3 is 0 Å². The van der Waals surface area contributed by atoms with Gasteiger partial charge in [-0.15, -0.1) is 0 Å². The maximum atomic E-state index is 5.66. The predicted octanol–water partition coefficient (Wildman–Crippen LogP) is 2.21. The second kappa shape index (κ2) is 4.94. The molecule has 2 N–H and O–H groups in total. The summed E-state index contributed by atoms with van der Waals surface area (Å²) in [5, 5.41) is 1.10. The lowest BCUT2D eigenvalue weighted by Crippen LogP contribution is -2.18. The van der Waals surface area contributed by atoms with E-state index in [0.717, 1.165) is 16.7 Å². The molecule has 0 saturated carbocycles. The van der Waals surface area contributed by atoms with Crippen molar-refractivity contribution >= 4 is 10.9 Å². The zero-order valence-electron chi connectivity index (χ0n) is 9.39. The fraction of sp³-hybridized carbons (Fsp3) is 0.308. The average molecular weight is 216 g/mol. The molecule has 3 heteroatoms. The molecule has 1 aromatic heterocycles. The quantitative estimate of drug-likeness (QED) is 0.852. The third-order valence-electron chi connectivity index (χ3n) is 2.51. The Bertz CT molecular complexity index is 470. The van der Waals surface area contributed by atoms with Gasteiger partial charge in [0.2, 0.25) is 0 Å². The largest absolute Gasteiger partial charge is 0.493 e. The zero-order valence-corrected chi connectivity index (χ0v) is 9.39. The number of fused-ring (bicyclic) bond motifs is 1. The highest BCUT2D eigenvalue weighted by molar-refractivity contribution is 5.79. The Labute approximate surface area is 95.2 Å². The highest BCUT2D eigenvalue weighted by Gasteiger charge is 2.01. The highest BCUT2D eigenvalue weighted by atomic mass is 16.5. The van der Waals surface area contributed by atoms with E-state index in [1.807, 2.05) is 30.3 Å². The molecule has 1 atom stereocenters. The van der Waals surface area contributed by atoms with Crippen molar-refractivity contribution in [2.75, 3.05) is 13.2 Å². The molecule has 1 unspecified atom stereocenters. The van der Waals surface area contributed by atoms with Gasteiger partial charge in [0.1, 0.15) is 5.75 Å². The summed E-state index contributed by atoms with van der Waals surface area (Å²) in [7, 11) is 0. The van der Waals surface area contributed by atoms with E-state index in [-0.39, 0.29) is 0 Å². The van der Waals surface area contributed by atoms with E-state index in [4.69, 9.17) is 10.5 Å². The lowest BCUT2D eigenvalue weighted by molar-refractivity contribution is 0.264. The Kier molecular flexibility index (Phi) is 3.37. The Hall–Kier alpha value is -1.61. The molecule has 0 amide bonds. The van der Waals surface area contributed by atoms with Crippen LogP contribution in [0.1, 0.15) is 6.92 Å². The zero-order chi connectivity index (χ0) is 11.4. The minimum absolute atomic E-state index is 0.379. The molecule has 0 spiro atoms. The number of pyridine rings is 1. The lowest BCUT2D eigenvalue weighted by atomic mass is 10.2. The fourth-order valence-electron chi connectivity index (χ4n) is 1.45. The summed E-state index contributed by atoms with van der Waals surface area (Å²) < 4.78 is 5.66. The van der Waals surface area contributed by atoms with Gasteiger partial charge in [-0.3, -0.25) is 4.98 Å². The third-order valence-corrected chi connectivity index (χ3v) is 2.51. The monoisotopic (exact) mass is 216 g/mol. The third kappa shape index (κ3) is 2.49. The van der Waals surface area contributed by atoms with E-state index in [1.54, 1.807) is 6.20 Å². The van der Waals surface area contributed by atoms with Crippen LogP contribution in [0.4, 0.5) is 0 Å². The molecule has 2 rings (SSSR count). The van der Waals surface area contributed by atoms with Gasteiger partial charge in [0.25, 0.3) is 0 Å². The van der Waals surface area contributed by atoms with Crippen LogP contribution in [0.15, 0.2) is 36.5 Å². The van der Waals surface area contributed by atoms with Crippen LogP contribution in [-0.4, -0.2) is 18.1 Å². The number of nitrogens with two attached hydrogens (primary N) is 1. The molecule has 1 heterocycles. The Morgan fingerprint density at radius 3 is 3.06 bits per heavy atom. The molecule has 0 aliphatic rings. The first kappa shape index (κ1) is 10.9. The number of rotatable bonds is 4. The molecule has 1 aromatic carbocycles. The fourth-order valence-corrected chi connectivity index (χ4v) is 1.45. The van der Waals surface area contributed by atoms with Crippen molar-refractivity contribution in [2.24, 2.45) is 11.7 Å². The normalized spacial score (nSPS) is 12.6. The average Bonchev–Trinajstić information content (AvgIpc) is 2.35. The molecule has 2 aromatic rings. The van der Waals surface area contributed by atoms with Crippen molar-refractivity contribution in [1.29, 1.82) is 0 Å². The highest BCUT2D eigenvalue weighted by Crippen LogP contribution is 2.19. The lowest BCUT2D eigenvalue weighted by Gasteiger charge is -2.11. The second-order valence-electron chi connectivity index (χ2n) is 4.01. The van der Waals surface area contributed by atoms with E-state index >= 15 is 0 Å². The van der Waals surface area contributed by atoms with Crippen LogP contribution in [0.25, 0.3) is 10.9 Å². The van der Waals surface area contributed by atoms with Crippen LogP contribution in [0.2, 0.25) is 0 Å². The summed E-state index contributed by atoms with van der Waals surface area (Å²) in [6.07, 6.45) is 1.79. The Balaban J connectivity index is 2.13. The van der Waals surface area contributed by atoms with Crippen LogP contribution >= 0.6 is 0 Å². The van der Waals surface area contributed by atoms with Crippen molar-refractivity contribution < 1.29 is 4.74 Å². The minimum Gasteiger partial charge on any atom is -0.493 e. The number of hydrogen-bond acceptors (Lipinski definition) is 3. The Morgan fingerprint density at radius 1 is 1.38 bits per heavy atom. The first-order chi connectivity index (χ1) is 7.79. The summed E-state index contributed by atoms with van der Waals surface area (Å²) in [5.74, 6) is 1.25. The molecule has 0 radical (unpaired) electrons. The minimum atomic E-state index is 0.379. The molecule has 0 saturated heterocycles. The SMILES string of the molecule is CC(CN)COc1ccc2ncccc2c1. The van der Waals surface area contributed by atoms with Gasteiger partial charge in [-0.1, -0.05) is 13.0 Å². The number of aromatic nitrogens is 1. The van der Waals surface area contributed by atoms with Crippen molar-refractivity contribution in [1.82, 2.24) is 4.98 Å². The molecule has 16 heavy (non-hydrogen) atoms. The summed E-state index contributed by atoms with van der Waals surface area (Å²) in [4.78, 5) is 4.26. The van der Waals surface area contributed by atoms with Crippen LogP contribution < -0.4 is 10.5 Å². The molecular formula is C13H16N2O. The smallest absolute Gasteiger partial charge is 0.120 e. The topological polar surface area (TPSA) is 48.1 Å². The van der Waals surface area contributed by atoms with Gasteiger partial charge in [-0.2, -0.15) is 0 Å². The van der Waals surface area contributed by atoms with Crippen molar-refractivity contribution in [3.05, 3.63) is 36.5 Å². The second-order valence-corrected chi connectivity index (χ2v) is 4.01. The molecule has 3 nitrogen and oxygen atoms in total. The van der Waals surface area contributed by atoms with Crippen molar-refractivity contribution in [2.45, 2.75) is 6.92 Å². The Morgan fingerprint density at radius 2 is 2.25 bits per heavy atom. The molecular weight excluding hydrogens is 200 g/mol. The number of ether oxygens (including phenoxy) is 1. The molecule has 0 aliphatic carbocycles. The van der Waals surface area contributed by atoms with Gasteiger partial charge in [-0.25, -0.2) is 0 Å². The first-order valence-electron chi connectivity index (χ1n) is 5.47. The summed E-state index contributed by atoms with van der Waals surface area (Å²) in [6.45, 7) is 3.38. The van der Waals surface area contributed by atoms with Crippen molar-refractivity contribution in [3.63, 3.8) is 0 Å². The van der Waals surface area contributed by atoms with Crippen LogP contribution in [0, 0.1) is 5.92 Å². The molecule has 84 valence electrons. The number of benzene rings is 1. The molecule has 0 bridgehead atoms. The van der Waals surface area contributed by atoms with E-state index in [1.165, 1.54) is 0 Å². The maximum absolute atomic E-state index is 5.66. The molecule has 0 aliphatic heterocycles. The van der Waals surface area contributed by atoms with Gasteiger partial charge in [-0.05, 0) is 30.8 Å². The standard InChI is InChI=1S/C13H16N2O/c1-10(8-14)9-16-12-4-5-13-11(7-12)3-2-6-15-13/h2-7,10H,8-9,14H2,1H3. The van der Waals surface area contributed by atoms with Gasteiger partial charge in [0.05, 0.1) is 12.1 Å². The summed E-state index contributed by atoms with van der Waals surface area (Å²) in [6, 6.07) is 9.87. The van der Waals surface area contributed by atoms with E-state index in [0.29, 0.717) is 19.1 Å². The van der Waals surface area contributed by atoms with Crippen LogP contribution in [-0.2, 0) is 0 Å². The summed E-state index contributed by atoms with van der Waals surface area (Å²) in [5.41, 5.74) is 6.52. The predicted molar refractivity (Wildman–Crippen MR) is 65.5 cm³/mol. The molecule has 0 fully saturated rings. The number of hydrogen-bond donors (Lipinski definition) is 1. The number of nitrogens with zero attached hydrogens (tertiary/aromatic N) is 1. The van der Waals surface area contributed by atoms with Crippen LogP contribution in [0.5, 0.6) is 5.75 Å². The summed E-state index contributed by atoms with van der Waals surface area (Å²) >= 11 is 0. The van der Waals surface area contributed by atoms with E-state index in [2.05, 4.69) is 11.9 Å². The van der Waals surface area contributed by atoms with Crippen molar-refractivity contribution in [3.8, 4) is 5.75 Å². The van der Waals surface area contributed by atoms with Gasteiger partial charge < -0.3 is 10.5 Å². The first-order valence-corrected chi connectivity index (χ1v) is 5.47. The van der Waals surface area contributed by atoms with Crippen LogP contribution in [0.3, 0.4) is 0 Å². The van der Waals surface area contributed by atoms with Gasteiger partial charge in [0, 0.05) is 17.5 Å². The van der Waals surface area contributed by atoms with E-state index < -0.39 is 0 Å². The van der Waals surface area contributed by atoms with Gasteiger partial charge in [0.15, 0.2) is 0 Å². The maximum Gasteiger partial charge on any atom is 0.120 e.